The molecule has 1 aliphatic rings. The van der Waals surface area contributed by atoms with E-state index in [0.29, 0.717) is 6.61 Å². The molecule has 1 aliphatic heterocycles. The van der Waals surface area contributed by atoms with Crippen LogP contribution in [0.2, 0.25) is 0 Å². The van der Waals surface area contributed by atoms with E-state index in [1.165, 1.54) is 0 Å². The third-order valence-corrected chi connectivity index (χ3v) is 2.99. The third-order valence-electron chi connectivity index (χ3n) is 2.99. The number of rotatable bonds is 3. The number of aliphatic hydroxyl groups excluding tert-OH is 1. The van der Waals surface area contributed by atoms with Gasteiger partial charge < -0.3 is 19.3 Å². The van der Waals surface area contributed by atoms with Gasteiger partial charge in [-0.15, -0.1) is 0 Å². The van der Waals surface area contributed by atoms with Crippen molar-refractivity contribution in [3.05, 3.63) is 0 Å². The molecule has 1 rings (SSSR count). The highest BCUT2D eigenvalue weighted by molar-refractivity contribution is 4.85. The van der Waals surface area contributed by atoms with Gasteiger partial charge in [0.15, 0.2) is 6.29 Å². The second-order valence-electron chi connectivity index (χ2n) is 3.94. The Labute approximate surface area is 85.2 Å². The molecular weight excluding hydrogens is 184 g/mol. The summed E-state index contributed by atoms with van der Waals surface area (Å²) >= 11 is 0. The molecule has 5 atom stereocenters. The van der Waals surface area contributed by atoms with Crippen molar-refractivity contribution < 1.29 is 19.3 Å². The monoisotopic (exact) mass is 204 g/mol. The van der Waals surface area contributed by atoms with Crippen LogP contribution in [0.15, 0.2) is 0 Å². The average Bonchev–Trinajstić information content (AvgIpc) is 2.16. The fraction of sp³-hybridized carbons (Fsp3) is 1.00. The van der Waals surface area contributed by atoms with Gasteiger partial charge in [-0.3, -0.25) is 0 Å². The number of hydrogen-bond donors (Lipinski definition) is 1. The lowest BCUT2D eigenvalue weighted by Crippen LogP contribution is -2.51. The Hall–Kier alpha value is -0.160. The number of aliphatic hydroxyl groups is 1. The summed E-state index contributed by atoms with van der Waals surface area (Å²) in [5.41, 5.74) is 0. The molecule has 1 heterocycles. The molecule has 0 bridgehead atoms. The first kappa shape index (κ1) is 11.9. The summed E-state index contributed by atoms with van der Waals surface area (Å²) < 4.78 is 15.8. The van der Waals surface area contributed by atoms with Gasteiger partial charge in [0.2, 0.25) is 0 Å². The summed E-state index contributed by atoms with van der Waals surface area (Å²) in [5.74, 6) is 0.237. The van der Waals surface area contributed by atoms with Gasteiger partial charge in [0.25, 0.3) is 0 Å². The molecule has 0 radical (unpaired) electrons. The quantitative estimate of drug-likeness (QED) is 0.732. The van der Waals surface area contributed by atoms with E-state index in [1.54, 1.807) is 14.2 Å². The minimum absolute atomic E-state index is 0.00288. The second kappa shape index (κ2) is 5.07. The summed E-state index contributed by atoms with van der Waals surface area (Å²) in [6, 6.07) is 0. The summed E-state index contributed by atoms with van der Waals surface area (Å²) in [6.45, 7) is 4.48. The SMILES string of the molecule is COC[C@H]1OC(O)[C@H](C)[C@@H](OC)[C@@H]1C. The van der Waals surface area contributed by atoms with E-state index in [9.17, 15) is 5.11 Å². The number of ether oxygens (including phenoxy) is 3. The van der Waals surface area contributed by atoms with Crippen LogP contribution in [0, 0.1) is 11.8 Å². The molecule has 1 fully saturated rings. The summed E-state index contributed by atoms with van der Waals surface area (Å²) in [7, 11) is 3.29. The van der Waals surface area contributed by atoms with Crippen LogP contribution in [0.3, 0.4) is 0 Å². The molecule has 0 aromatic heterocycles. The van der Waals surface area contributed by atoms with E-state index in [1.807, 2.05) is 6.92 Å². The van der Waals surface area contributed by atoms with Gasteiger partial charge in [0.05, 0.1) is 18.8 Å². The maximum Gasteiger partial charge on any atom is 0.160 e. The molecule has 0 spiro atoms. The van der Waals surface area contributed by atoms with Crippen molar-refractivity contribution in [1.82, 2.24) is 0 Å². The number of methoxy groups -OCH3 is 2. The van der Waals surface area contributed by atoms with Gasteiger partial charge in [-0.1, -0.05) is 13.8 Å². The molecule has 1 unspecified atom stereocenters. The highest BCUT2D eigenvalue weighted by Gasteiger charge is 2.40. The Balaban J connectivity index is 2.65. The zero-order valence-electron chi connectivity index (χ0n) is 9.27. The Morgan fingerprint density at radius 3 is 2.36 bits per heavy atom. The van der Waals surface area contributed by atoms with E-state index >= 15 is 0 Å². The molecule has 84 valence electrons. The van der Waals surface area contributed by atoms with E-state index in [4.69, 9.17) is 14.2 Å². The molecule has 0 saturated carbocycles. The van der Waals surface area contributed by atoms with Gasteiger partial charge in [-0.2, -0.15) is 0 Å². The molecule has 4 nitrogen and oxygen atoms in total. The van der Waals surface area contributed by atoms with Gasteiger partial charge in [-0.25, -0.2) is 0 Å². The molecule has 0 aromatic rings. The molecule has 0 aliphatic carbocycles. The highest BCUT2D eigenvalue weighted by atomic mass is 16.6. The van der Waals surface area contributed by atoms with E-state index in [2.05, 4.69) is 6.92 Å². The fourth-order valence-electron chi connectivity index (χ4n) is 2.06. The largest absolute Gasteiger partial charge is 0.382 e. The first-order valence-corrected chi connectivity index (χ1v) is 4.97. The predicted octanol–water partition coefficient (Wildman–Crippen LogP) is 0.637. The first-order chi connectivity index (χ1) is 6.61. The Bertz CT molecular complexity index is 174. The van der Waals surface area contributed by atoms with E-state index < -0.39 is 6.29 Å². The van der Waals surface area contributed by atoms with Crippen molar-refractivity contribution >= 4 is 0 Å². The van der Waals surface area contributed by atoms with Gasteiger partial charge >= 0.3 is 0 Å². The lowest BCUT2D eigenvalue weighted by Gasteiger charge is -2.41. The predicted molar refractivity (Wildman–Crippen MR) is 51.9 cm³/mol. The van der Waals surface area contributed by atoms with Crippen LogP contribution in [0.1, 0.15) is 13.8 Å². The van der Waals surface area contributed by atoms with Crippen molar-refractivity contribution in [3.8, 4) is 0 Å². The summed E-state index contributed by atoms with van der Waals surface area (Å²) in [4.78, 5) is 0. The van der Waals surface area contributed by atoms with Crippen molar-refractivity contribution in [1.29, 1.82) is 0 Å². The normalized spacial score (nSPS) is 43.9. The van der Waals surface area contributed by atoms with Crippen molar-refractivity contribution in [2.45, 2.75) is 32.3 Å². The smallest absolute Gasteiger partial charge is 0.160 e. The maximum atomic E-state index is 9.64. The Morgan fingerprint density at radius 1 is 1.21 bits per heavy atom. The van der Waals surface area contributed by atoms with Crippen LogP contribution in [0.25, 0.3) is 0 Å². The van der Waals surface area contributed by atoms with Crippen molar-refractivity contribution in [2.24, 2.45) is 11.8 Å². The topological polar surface area (TPSA) is 47.9 Å². The lowest BCUT2D eigenvalue weighted by molar-refractivity contribution is -0.254. The van der Waals surface area contributed by atoms with Gasteiger partial charge in [0.1, 0.15) is 0 Å². The lowest BCUT2D eigenvalue weighted by atomic mass is 9.86. The second-order valence-corrected chi connectivity index (χ2v) is 3.94. The van der Waals surface area contributed by atoms with Crippen molar-refractivity contribution in [2.75, 3.05) is 20.8 Å². The van der Waals surface area contributed by atoms with Gasteiger partial charge in [0, 0.05) is 26.1 Å². The Morgan fingerprint density at radius 2 is 1.86 bits per heavy atom. The van der Waals surface area contributed by atoms with Crippen LogP contribution in [-0.4, -0.2) is 44.4 Å². The molecule has 14 heavy (non-hydrogen) atoms. The highest BCUT2D eigenvalue weighted by Crippen LogP contribution is 2.30. The zero-order valence-corrected chi connectivity index (χ0v) is 9.27. The van der Waals surface area contributed by atoms with E-state index in [-0.39, 0.29) is 24.0 Å². The first-order valence-electron chi connectivity index (χ1n) is 4.97. The Kier molecular flexibility index (Phi) is 4.31. The van der Waals surface area contributed by atoms with Crippen LogP contribution in [0.4, 0.5) is 0 Å². The van der Waals surface area contributed by atoms with Gasteiger partial charge in [-0.05, 0) is 0 Å². The summed E-state index contributed by atoms with van der Waals surface area (Å²) in [5, 5.41) is 9.64. The van der Waals surface area contributed by atoms with Crippen LogP contribution in [0.5, 0.6) is 0 Å². The molecular formula is C10H20O4. The average molecular weight is 204 g/mol. The van der Waals surface area contributed by atoms with Crippen LogP contribution in [-0.2, 0) is 14.2 Å². The van der Waals surface area contributed by atoms with Crippen LogP contribution >= 0.6 is 0 Å². The molecule has 1 N–H and O–H groups in total. The fourth-order valence-corrected chi connectivity index (χ4v) is 2.06. The number of hydrogen-bond acceptors (Lipinski definition) is 4. The minimum Gasteiger partial charge on any atom is -0.382 e. The minimum atomic E-state index is -0.753. The zero-order chi connectivity index (χ0) is 10.7. The molecule has 1 saturated heterocycles. The third kappa shape index (κ3) is 2.25. The molecule has 4 heteroatoms. The van der Waals surface area contributed by atoms with Crippen molar-refractivity contribution in [3.63, 3.8) is 0 Å². The maximum absolute atomic E-state index is 9.64. The molecule has 0 aromatic carbocycles. The molecule has 0 amide bonds. The van der Waals surface area contributed by atoms with E-state index in [0.717, 1.165) is 0 Å². The summed E-state index contributed by atoms with van der Waals surface area (Å²) in [6.07, 6.45) is -0.814. The standard InChI is InChI=1S/C10H20O4/c1-6-8(5-12-3)14-10(11)7(2)9(6)13-4/h6-11H,5H2,1-4H3/t6-,7-,8-,9+,10?/m1/s1. The van der Waals surface area contributed by atoms with Crippen LogP contribution < -0.4 is 0 Å².